The van der Waals surface area contributed by atoms with Gasteiger partial charge in [0.15, 0.2) is 11.6 Å². The number of allylic oxidation sites excluding steroid dienone is 1. The maximum atomic E-state index is 14.5. The van der Waals surface area contributed by atoms with Crippen molar-refractivity contribution in [2.75, 3.05) is 44.8 Å². The molecule has 6 rings (SSSR count). The minimum Gasteiger partial charge on any atom is -0.505 e. The topological polar surface area (TPSA) is 127 Å². The minimum absolute atomic E-state index is 0.0929. The van der Waals surface area contributed by atoms with Crippen LogP contribution in [0.1, 0.15) is 105 Å². The molecule has 1 aromatic heterocycles. The van der Waals surface area contributed by atoms with E-state index in [9.17, 15) is 14.7 Å². The summed E-state index contributed by atoms with van der Waals surface area (Å²) < 4.78 is 24.6. The van der Waals surface area contributed by atoms with Gasteiger partial charge < -0.3 is 29.0 Å². The number of nitrogens with zero attached hydrogens (tertiary/aromatic N) is 5. The number of rotatable bonds is 5. The summed E-state index contributed by atoms with van der Waals surface area (Å²) in [5.41, 5.74) is -0.783. The molecule has 4 heterocycles. The summed E-state index contributed by atoms with van der Waals surface area (Å²) >= 11 is 0. The van der Waals surface area contributed by atoms with E-state index < -0.39 is 16.8 Å². The van der Waals surface area contributed by atoms with Crippen LogP contribution in [0.25, 0.3) is 5.76 Å². The maximum Gasteiger partial charge on any atom is 0.410 e. The molecular formula is C36H55N5O7. The first kappa shape index (κ1) is 34.9. The Morgan fingerprint density at radius 3 is 2.35 bits per heavy atom. The molecular weight excluding hydrogens is 614 g/mol. The zero-order valence-corrected chi connectivity index (χ0v) is 29.9. The monoisotopic (exact) mass is 669 g/mol. The maximum absolute atomic E-state index is 14.5. The fraction of sp³-hybridized carbons (Fsp3) is 0.778. The van der Waals surface area contributed by atoms with Gasteiger partial charge in [0.1, 0.15) is 29.0 Å². The molecule has 0 bridgehead atoms. The second kappa shape index (κ2) is 13.4. The van der Waals surface area contributed by atoms with Crippen molar-refractivity contribution in [3.63, 3.8) is 0 Å². The molecule has 3 aliphatic heterocycles. The summed E-state index contributed by atoms with van der Waals surface area (Å²) in [6.45, 7) is 14.6. The number of amides is 1. The highest BCUT2D eigenvalue weighted by Gasteiger charge is 2.62. The lowest BCUT2D eigenvalue weighted by atomic mass is 9.59. The molecule has 5 fully saturated rings. The van der Waals surface area contributed by atoms with Gasteiger partial charge in [0.25, 0.3) is 0 Å². The Labute approximate surface area is 285 Å². The smallest absolute Gasteiger partial charge is 0.410 e. The van der Waals surface area contributed by atoms with E-state index >= 15 is 0 Å². The van der Waals surface area contributed by atoms with Crippen LogP contribution < -0.4 is 9.64 Å². The number of piperazine rings is 1. The lowest BCUT2D eigenvalue weighted by Gasteiger charge is -2.50. The Kier molecular flexibility index (Phi) is 9.74. The first-order valence-corrected chi connectivity index (χ1v) is 18.0. The fourth-order valence-corrected chi connectivity index (χ4v) is 8.86. The summed E-state index contributed by atoms with van der Waals surface area (Å²) in [5.74, 6) is -0.580. The van der Waals surface area contributed by atoms with E-state index in [1.807, 2.05) is 41.5 Å². The van der Waals surface area contributed by atoms with Crippen molar-refractivity contribution in [1.82, 2.24) is 19.8 Å². The van der Waals surface area contributed by atoms with E-state index in [-0.39, 0.29) is 53.6 Å². The Morgan fingerprint density at radius 1 is 1.04 bits per heavy atom. The largest absolute Gasteiger partial charge is 0.505 e. The van der Waals surface area contributed by atoms with Gasteiger partial charge in [0.05, 0.1) is 30.7 Å². The van der Waals surface area contributed by atoms with E-state index in [4.69, 9.17) is 28.9 Å². The molecule has 12 heteroatoms. The average Bonchev–Trinajstić information content (AvgIpc) is 3.68. The van der Waals surface area contributed by atoms with Gasteiger partial charge in [-0.15, -0.1) is 0 Å². The highest BCUT2D eigenvalue weighted by Crippen LogP contribution is 2.56. The third-order valence-electron chi connectivity index (χ3n) is 11.1. The van der Waals surface area contributed by atoms with Crippen molar-refractivity contribution in [3.05, 3.63) is 17.3 Å². The van der Waals surface area contributed by atoms with Crippen LogP contribution in [-0.4, -0.2) is 112 Å². The van der Waals surface area contributed by atoms with Crippen molar-refractivity contribution in [1.29, 1.82) is 0 Å². The van der Waals surface area contributed by atoms with Crippen molar-refractivity contribution < 1.29 is 33.6 Å². The number of fused-ring (bicyclic) bond motifs is 1. The molecule has 1 amide bonds. The molecule has 266 valence electrons. The quantitative estimate of drug-likeness (QED) is 0.316. The van der Waals surface area contributed by atoms with Crippen molar-refractivity contribution in [3.8, 4) is 6.01 Å². The first-order chi connectivity index (χ1) is 22.7. The van der Waals surface area contributed by atoms with Gasteiger partial charge in [-0.05, 0) is 100 Å². The van der Waals surface area contributed by atoms with Gasteiger partial charge in [-0.3, -0.25) is 14.6 Å². The number of ketones is 1. The first-order valence-electron chi connectivity index (χ1n) is 18.0. The molecule has 0 radical (unpaired) electrons. The Bertz CT molecular complexity index is 1390. The van der Waals surface area contributed by atoms with Crippen LogP contribution in [0.4, 0.5) is 10.6 Å². The number of ether oxygens (including phenoxy) is 4. The van der Waals surface area contributed by atoms with Crippen LogP contribution in [0, 0.1) is 5.41 Å². The predicted molar refractivity (Wildman–Crippen MR) is 181 cm³/mol. The zero-order chi connectivity index (χ0) is 34.4. The molecule has 2 spiro atoms. The number of likely N-dealkylation sites (tertiary alicyclic amines) is 1. The Morgan fingerprint density at radius 2 is 1.71 bits per heavy atom. The number of aromatic nitrogens is 2. The number of carbonyl (C=O) groups is 2. The van der Waals surface area contributed by atoms with E-state index in [2.05, 4.69) is 16.8 Å². The lowest BCUT2D eigenvalue weighted by Crippen LogP contribution is -2.59. The Hall–Kier alpha value is -2.96. The van der Waals surface area contributed by atoms with E-state index in [1.165, 1.54) is 0 Å². The van der Waals surface area contributed by atoms with Gasteiger partial charge >= 0.3 is 12.1 Å². The van der Waals surface area contributed by atoms with Crippen molar-refractivity contribution in [2.24, 2.45) is 5.41 Å². The second-order valence-corrected chi connectivity index (χ2v) is 15.6. The van der Waals surface area contributed by atoms with Crippen LogP contribution in [0.5, 0.6) is 6.01 Å². The SMILES string of the molecule is C[C@H](Oc1nc(/C(O)=C2\CCC[C@@]3(CCCCC34OCCO4)C2=O)cc(N2C[C@H](C)N(C(=O)OC(C)(C)C)[C@@H](C)C2)n1)[C@@H]1CCCN1C. The number of aliphatic hydroxyl groups excluding tert-OH is 1. The molecule has 2 aliphatic carbocycles. The normalized spacial score (nSPS) is 31.4. The highest BCUT2D eigenvalue weighted by molar-refractivity contribution is 6.06. The third-order valence-corrected chi connectivity index (χ3v) is 11.1. The zero-order valence-electron chi connectivity index (χ0n) is 29.9. The second-order valence-electron chi connectivity index (χ2n) is 15.6. The highest BCUT2D eigenvalue weighted by atomic mass is 16.7. The van der Waals surface area contributed by atoms with E-state index in [0.717, 1.165) is 38.6 Å². The number of carbonyl (C=O) groups excluding carboxylic acids is 2. The molecule has 2 saturated carbocycles. The molecule has 1 aromatic rings. The number of likely N-dealkylation sites (N-methyl/N-ethyl adjacent to an activating group) is 1. The number of Topliss-reactive ketones (excluding diaryl/α,β-unsaturated/α-hetero) is 1. The van der Waals surface area contributed by atoms with Crippen molar-refractivity contribution >= 4 is 23.5 Å². The number of anilines is 1. The van der Waals surface area contributed by atoms with Crippen LogP contribution >= 0.6 is 0 Å². The summed E-state index contributed by atoms with van der Waals surface area (Å²) in [4.78, 5) is 43.4. The molecule has 12 nitrogen and oxygen atoms in total. The van der Waals surface area contributed by atoms with Crippen LogP contribution in [0.15, 0.2) is 11.6 Å². The summed E-state index contributed by atoms with van der Waals surface area (Å²) in [7, 11) is 2.10. The van der Waals surface area contributed by atoms with Gasteiger partial charge in [0.2, 0.25) is 0 Å². The lowest BCUT2D eigenvalue weighted by molar-refractivity contribution is -0.251. The van der Waals surface area contributed by atoms with Gasteiger partial charge in [-0.2, -0.15) is 9.97 Å². The van der Waals surface area contributed by atoms with Gasteiger partial charge in [0, 0.05) is 37.2 Å². The molecule has 1 N–H and O–H groups in total. The Balaban J connectivity index is 1.34. The van der Waals surface area contributed by atoms with Crippen LogP contribution in [0.3, 0.4) is 0 Å². The van der Waals surface area contributed by atoms with Gasteiger partial charge in [-0.25, -0.2) is 4.79 Å². The summed E-state index contributed by atoms with van der Waals surface area (Å²) in [6, 6.07) is 1.79. The number of aliphatic hydroxyl groups is 1. The summed E-state index contributed by atoms with van der Waals surface area (Å²) in [6.07, 6.45) is 6.69. The average molecular weight is 670 g/mol. The predicted octanol–water partition coefficient (Wildman–Crippen LogP) is 5.50. The molecule has 5 atom stereocenters. The third kappa shape index (κ3) is 6.52. The standard InChI is InChI=1S/C36H55N5O7/c1-23-21-40(22-24(2)41(23)33(44)48-34(4,5)6)29-20-27(37-32(38-29)47-25(3)28-13-11-17-39(28)7)30(42)26-12-10-15-35(31(26)43)14-8-9-16-36(35)45-18-19-46-36/h20,23-25,28,42H,8-19,21-22H2,1-7H3/b30-26-/t23-,24-,25-,28-,35-/m0/s1. The van der Waals surface area contributed by atoms with Crippen molar-refractivity contribution in [2.45, 2.75) is 135 Å². The van der Waals surface area contributed by atoms with Crippen LogP contribution in [-0.2, 0) is 19.0 Å². The van der Waals surface area contributed by atoms with E-state index in [1.54, 1.807) is 11.0 Å². The van der Waals surface area contributed by atoms with Crippen LogP contribution in [0.2, 0.25) is 0 Å². The fourth-order valence-electron chi connectivity index (χ4n) is 8.86. The molecule has 3 saturated heterocycles. The summed E-state index contributed by atoms with van der Waals surface area (Å²) in [5, 5.41) is 12.0. The number of hydrogen-bond donors (Lipinski definition) is 1. The van der Waals surface area contributed by atoms with E-state index in [0.29, 0.717) is 63.4 Å². The minimum atomic E-state index is -0.928. The van der Waals surface area contributed by atoms with Gasteiger partial charge in [-0.1, -0.05) is 6.42 Å². The molecule has 0 unspecified atom stereocenters. The molecule has 5 aliphatic rings. The number of hydrogen-bond acceptors (Lipinski definition) is 11. The molecule has 48 heavy (non-hydrogen) atoms. The molecule has 0 aromatic carbocycles.